The van der Waals surface area contributed by atoms with E-state index in [2.05, 4.69) is 44.8 Å². The van der Waals surface area contributed by atoms with Crippen LogP contribution in [0.2, 0.25) is 0 Å². The van der Waals surface area contributed by atoms with Crippen LogP contribution in [0.25, 0.3) is 11.3 Å². The minimum absolute atomic E-state index is 0.829. The Morgan fingerprint density at radius 3 is 2.76 bits per heavy atom. The first-order valence-corrected chi connectivity index (χ1v) is 6.58. The first-order chi connectivity index (χ1) is 8.22. The lowest BCUT2D eigenvalue weighted by atomic mass is 10.2. The van der Waals surface area contributed by atoms with Crippen LogP contribution in [0.5, 0.6) is 0 Å². The van der Waals surface area contributed by atoms with Crippen molar-refractivity contribution in [3.8, 4) is 11.3 Å². The second-order valence-corrected chi connectivity index (χ2v) is 4.64. The lowest BCUT2D eigenvalue weighted by Crippen LogP contribution is -1.97. The molecule has 0 aliphatic rings. The summed E-state index contributed by atoms with van der Waals surface area (Å²) in [4.78, 5) is 8.90. The SMILES string of the molecule is CCCc1nc(Br)cc(-c2cnn(CC)c2)n1. The van der Waals surface area contributed by atoms with E-state index in [0.29, 0.717) is 0 Å². The smallest absolute Gasteiger partial charge is 0.130 e. The fourth-order valence-electron chi connectivity index (χ4n) is 1.62. The number of aromatic nitrogens is 4. The molecule has 17 heavy (non-hydrogen) atoms. The van der Waals surface area contributed by atoms with Gasteiger partial charge in [0.1, 0.15) is 10.4 Å². The van der Waals surface area contributed by atoms with Crippen molar-refractivity contribution >= 4 is 15.9 Å². The molecule has 0 bridgehead atoms. The van der Waals surface area contributed by atoms with Crippen molar-refractivity contribution in [3.05, 3.63) is 28.9 Å². The third-order valence-corrected chi connectivity index (χ3v) is 2.87. The molecule has 2 aromatic heterocycles. The zero-order valence-electron chi connectivity index (χ0n) is 10.0. The van der Waals surface area contributed by atoms with E-state index in [-0.39, 0.29) is 0 Å². The highest BCUT2D eigenvalue weighted by Gasteiger charge is 2.06. The molecule has 0 aliphatic heterocycles. The van der Waals surface area contributed by atoms with Gasteiger partial charge in [0.25, 0.3) is 0 Å². The molecule has 0 spiro atoms. The van der Waals surface area contributed by atoms with Gasteiger partial charge in [-0.15, -0.1) is 0 Å². The summed E-state index contributed by atoms with van der Waals surface area (Å²) in [5.41, 5.74) is 1.96. The molecule has 2 aromatic rings. The van der Waals surface area contributed by atoms with E-state index >= 15 is 0 Å². The Balaban J connectivity index is 2.37. The van der Waals surface area contributed by atoms with Crippen LogP contribution in [0.1, 0.15) is 26.1 Å². The van der Waals surface area contributed by atoms with Gasteiger partial charge in [-0.2, -0.15) is 5.10 Å². The largest absolute Gasteiger partial charge is 0.272 e. The maximum Gasteiger partial charge on any atom is 0.130 e. The molecule has 0 saturated carbocycles. The first-order valence-electron chi connectivity index (χ1n) is 5.79. The normalized spacial score (nSPS) is 10.8. The standard InChI is InChI=1S/C12H15BrN4/c1-3-5-12-15-10(6-11(13)16-12)9-7-14-17(4-2)8-9/h6-8H,3-5H2,1-2H3. The average Bonchev–Trinajstić information content (AvgIpc) is 2.77. The minimum atomic E-state index is 0.829. The van der Waals surface area contributed by atoms with E-state index in [1.807, 2.05) is 23.1 Å². The second-order valence-electron chi connectivity index (χ2n) is 3.83. The molecule has 0 fully saturated rings. The van der Waals surface area contributed by atoms with Crippen molar-refractivity contribution in [2.24, 2.45) is 0 Å². The van der Waals surface area contributed by atoms with Gasteiger partial charge in [-0.1, -0.05) is 6.92 Å². The van der Waals surface area contributed by atoms with Crippen LogP contribution in [0.15, 0.2) is 23.1 Å². The van der Waals surface area contributed by atoms with E-state index in [1.165, 1.54) is 0 Å². The lowest BCUT2D eigenvalue weighted by Gasteiger charge is -2.02. The highest BCUT2D eigenvalue weighted by Crippen LogP contribution is 2.20. The number of hydrogen-bond donors (Lipinski definition) is 0. The Bertz CT molecular complexity index is 507. The van der Waals surface area contributed by atoms with E-state index in [0.717, 1.165) is 41.1 Å². The molecule has 0 atom stereocenters. The quantitative estimate of drug-likeness (QED) is 0.814. The predicted octanol–water partition coefficient (Wildman–Crippen LogP) is 3.08. The summed E-state index contributed by atoms with van der Waals surface area (Å²) in [6.45, 7) is 5.06. The Morgan fingerprint density at radius 2 is 2.12 bits per heavy atom. The molecule has 0 amide bonds. The van der Waals surface area contributed by atoms with Crippen LogP contribution in [0.4, 0.5) is 0 Å². The zero-order valence-corrected chi connectivity index (χ0v) is 11.6. The van der Waals surface area contributed by atoms with Crippen LogP contribution in [-0.4, -0.2) is 19.7 Å². The van der Waals surface area contributed by atoms with Crippen LogP contribution in [-0.2, 0) is 13.0 Å². The zero-order chi connectivity index (χ0) is 12.3. The van der Waals surface area contributed by atoms with Gasteiger partial charge in [0, 0.05) is 24.7 Å². The molecule has 4 nitrogen and oxygen atoms in total. The fraction of sp³-hybridized carbons (Fsp3) is 0.417. The second kappa shape index (κ2) is 5.40. The summed E-state index contributed by atoms with van der Waals surface area (Å²) in [5.74, 6) is 0.876. The molecule has 0 aromatic carbocycles. The van der Waals surface area contributed by atoms with E-state index < -0.39 is 0 Å². The molecular weight excluding hydrogens is 280 g/mol. The third-order valence-electron chi connectivity index (χ3n) is 2.47. The molecule has 0 aliphatic carbocycles. The lowest BCUT2D eigenvalue weighted by molar-refractivity contribution is 0.660. The Kier molecular flexibility index (Phi) is 3.89. The summed E-state index contributed by atoms with van der Waals surface area (Å²) in [6.07, 6.45) is 5.79. The summed E-state index contributed by atoms with van der Waals surface area (Å²) < 4.78 is 2.72. The highest BCUT2D eigenvalue weighted by molar-refractivity contribution is 9.10. The van der Waals surface area contributed by atoms with Gasteiger partial charge in [-0.05, 0) is 35.3 Å². The van der Waals surface area contributed by atoms with Crippen molar-refractivity contribution in [3.63, 3.8) is 0 Å². The summed E-state index contributed by atoms with van der Waals surface area (Å²) in [5, 5.41) is 4.26. The van der Waals surface area contributed by atoms with E-state index in [9.17, 15) is 0 Å². The molecule has 0 saturated heterocycles. The Hall–Kier alpha value is -1.23. The molecule has 0 radical (unpaired) electrons. The molecule has 5 heteroatoms. The summed E-state index contributed by atoms with van der Waals surface area (Å²) >= 11 is 3.43. The van der Waals surface area contributed by atoms with E-state index in [4.69, 9.17) is 0 Å². The number of aryl methyl sites for hydroxylation is 2. The van der Waals surface area contributed by atoms with Crippen molar-refractivity contribution < 1.29 is 0 Å². The monoisotopic (exact) mass is 294 g/mol. The average molecular weight is 295 g/mol. The van der Waals surface area contributed by atoms with E-state index in [1.54, 1.807) is 0 Å². The molecule has 90 valence electrons. The number of hydrogen-bond acceptors (Lipinski definition) is 3. The fourth-order valence-corrected chi connectivity index (χ4v) is 2.04. The van der Waals surface area contributed by atoms with Crippen LogP contribution >= 0.6 is 15.9 Å². The molecule has 0 unspecified atom stereocenters. The first kappa shape index (κ1) is 12.2. The molecular formula is C12H15BrN4. The minimum Gasteiger partial charge on any atom is -0.272 e. The van der Waals surface area contributed by atoms with Crippen molar-refractivity contribution in [1.29, 1.82) is 0 Å². The number of halogens is 1. The number of rotatable bonds is 4. The van der Waals surface area contributed by atoms with Gasteiger partial charge in [0.05, 0.1) is 11.9 Å². The van der Waals surface area contributed by atoms with Gasteiger partial charge in [-0.25, -0.2) is 9.97 Å². The van der Waals surface area contributed by atoms with Crippen molar-refractivity contribution in [1.82, 2.24) is 19.7 Å². The summed E-state index contributed by atoms with van der Waals surface area (Å²) in [7, 11) is 0. The summed E-state index contributed by atoms with van der Waals surface area (Å²) in [6, 6.07) is 1.93. The topological polar surface area (TPSA) is 43.6 Å². The number of nitrogens with zero attached hydrogens (tertiary/aromatic N) is 4. The maximum absolute atomic E-state index is 4.55. The molecule has 2 rings (SSSR count). The third kappa shape index (κ3) is 2.91. The van der Waals surface area contributed by atoms with Gasteiger partial charge >= 0.3 is 0 Å². The van der Waals surface area contributed by atoms with Crippen LogP contribution in [0.3, 0.4) is 0 Å². The van der Waals surface area contributed by atoms with Gasteiger partial charge in [0.2, 0.25) is 0 Å². The van der Waals surface area contributed by atoms with Gasteiger partial charge in [0.15, 0.2) is 0 Å². The molecule has 0 N–H and O–H groups in total. The van der Waals surface area contributed by atoms with Crippen LogP contribution in [0, 0.1) is 0 Å². The maximum atomic E-state index is 4.55. The van der Waals surface area contributed by atoms with Gasteiger partial charge in [-0.3, -0.25) is 4.68 Å². The van der Waals surface area contributed by atoms with Crippen molar-refractivity contribution in [2.75, 3.05) is 0 Å². The Morgan fingerprint density at radius 1 is 1.29 bits per heavy atom. The van der Waals surface area contributed by atoms with Crippen molar-refractivity contribution in [2.45, 2.75) is 33.2 Å². The van der Waals surface area contributed by atoms with Gasteiger partial charge < -0.3 is 0 Å². The Labute approximate surface area is 109 Å². The van der Waals surface area contributed by atoms with Crippen LogP contribution < -0.4 is 0 Å². The highest BCUT2D eigenvalue weighted by atomic mass is 79.9. The molecule has 2 heterocycles. The predicted molar refractivity (Wildman–Crippen MR) is 70.6 cm³/mol.